The molecule has 7 heteroatoms. The number of halogens is 1. The van der Waals surface area contributed by atoms with Crippen molar-refractivity contribution in [1.82, 2.24) is 9.78 Å². The van der Waals surface area contributed by atoms with Crippen molar-refractivity contribution in [2.45, 2.75) is 13.0 Å². The first kappa shape index (κ1) is 13.1. The minimum Gasteiger partial charge on any atom is -0.394 e. The van der Waals surface area contributed by atoms with Crippen molar-refractivity contribution < 1.29 is 5.11 Å². The van der Waals surface area contributed by atoms with Gasteiger partial charge in [-0.3, -0.25) is 4.79 Å². The smallest absolute Gasteiger partial charge is 0.283 e. The first-order chi connectivity index (χ1) is 7.70. The maximum Gasteiger partial charge on any atom is 0.283 e. The van der Waals surface area contributed by atoms with Crippen LogP contribution in [0.25, 0.3) is 0 Å². The molecule has 0 aliphatic heterocycles. The number of hydrogen-bond donors (Lipinski definition) is 3. The summed E-state index contributed by atoms with van der Waals surface area (Å²) in [7, 11) is 0. The van der Waals surface area contributed by atoms with Crippen LogP contribution in [0, 0.1) is 0 Å². The number of nitrogens with two attached hydrogens (primary N) is 1. The Morgan fingerprint density at radius 2 is 2.38 bits per heavy atom. The van der Waals surface area contributed by atoms with E-state index in [1.807, 2.05) is 0 Å². The summed E-state index contributed by atoms with van der Waals surface area (Å²) in [4.78, 5) is 11.7. The minimum atomic E-state index is -0.258. The highest BCUT2D eigenvalue weighted by Gasteiger charge is 2.07. The number of anilines is 1. The summed E-state index contributed by atoms with van der Waals surface area (Å²) in [6.07, 6.45) is 2.38. The lowest BCUT2D eigenvalue weighted by Gasteiger charge is -2.09. The van der Waals surface area contributed by atoms with Gasteiger partial charge in [-0.2, -0.15) is 5.10 Å². The summed E-state index contributed by atoms with van der Waals surface area (Å²) in [6, 6.07) is 0. The Morgan fingerprint density at radius 3 is 3.00 bits per heavy atom. The molecule has 0 atom stereocenters. The number of rotatable bonds is 6. The molecule has 0 aliphatic rings. The predicted molar refractivity (Wildman–Crippen MR) is 65.4 cm³/mol. The van der Waals surface area contributed by atoms with Crippen LogP contribution in [-0.4, -0.2) is 34.6 Å². The van der Waals surface area contributed by atoms with Gasteiger partial charge in [0.25, 0.3) is 5.56 Å². The lowest BCUT2D eigenvalue weighted by Crippen LogP contribution is -2.26. The molecule has 0 saturated heterocycles. The third kappa shape index (κ3) is 3.29. The van der Waals surface area contributed by atoms with E-state index in [9.17, 15) is 4.79 Å². The van der Waals surface area contributed by atoms with Crippen LogP contribution in [0.5, 0.6) is 0 Å². The molecule has 1 rings (SSSR count). The van der Waals surface area contributed by atoms with E-state index in [2.05, 4.69) is 26.3 Å². The molecule has 0 radical (unpaired) electrons. The van der Waals surface area contributed by atoms with Crippen molar-refractivity contribution >= 4 is 21.6 Å². The van der Waals surface area contributed by atoms with Crippen LogP contribution in [0.15, 0.2) is 15.5 Å². The summed E-state index contributed by atoms with van der Waals surface area (Å²) in [5, 5.41) is 15.7. The molecule has 1 aromatic heterocycles. The first-order valence-electron chi connectivity index (χ1n) is 5.01. The van der Waals surface area contributed by atoms with Gasteiger partial charge in [-0.05, 0) is 28.9 Å². The van der Waals surface area contributed by atoms with Gasteiger partial charge in [0.05, 0.1) is 25.0 Å². The zero-order valence-corrected chi connectivity index (χ0v) is 10.4. The highest BCUT2D eigenvalue weighted by atomic mass is 79.9. The van der Waals surface area contributed by atoms with Crippen molar-refractivity contribution in [3.63, 3.8) is 0 Å². The quantitative estimate of drug-likeness (QED) is 0.629. The van der Waals surface area contributed by atoms with Crippen LogP contribution >= 0.6 is 15.9 Å². The topological polar surface area (TPSA) is 93.2 Å². The average molecular weight is 291 g/mol. The van der Waals surface area contributed by atoms with E-state index in [0.717, 1.165) is 6.42 Å². The molecule has 6 nitrogen and oxygen atoms in total. The molecule has 0 bridgehead atoms. The normalized spacial score (nSPS) is 10.4. The molecular weight excluding hydrogens is 276 g/mol. The van der Waals surface area contributed by atoms with Crippen LogP contribution in [0.1, 0.15) is 6.42 Å². The Kier molecular flexibility index (Phi) is 5.44. The fraction of sp³-hybridized carbons (Fsp3) is 0.556. The van der Waals surface area contributed by atoms with Gasteiger partial charge in [0.1, 0.15) is 4.47 Å². The van der Waals surface area contributed by atoms with Gasteiger partial charge in [0.2, 0.25) is 0 Å². The van der Waals surface area contributed by atoms with E-state index in [-0.39, 0.29) is 18.7 Å². The molecule has 0 aliphatic carbocycles. The highest BCUT2D eigenvalue weighted by Crippen LogP contribution is 2.15. The van der Waals surface area contributed by atoms with Crippen LogP contribution in [0.3, 0.4) is 0 Å². The van der Waals surface area contributed by atoms with Crippen LogP contribution < -0.4 is 16.6 Å². The van der Waals surface area contributed by atoms with Crippen LogP contribution in [0.2, 0.25) is 0 Å². The minimum absolute atomic E-state index is 0.112. The molecule has 0 fully saturated rings. The highest BCUT2D eigenvalue weighted by molar-refractivity contribution is 9.10. The Morgan fingerprint density at radius 1 is 1.62 bits per heavy atom. The van der Waals surface area contributed by atoms with E-state index < -0.39 is 0 Å². The van der Waals surface area contributed by atoms with Gasteiger partial charge in [-0.25, -0.2) is 4.68 Å². The molecule has 0 unspecified atom stereocenters. The predicted octanol–water partition coefficient (Wildman–Crippen LogP) is -0.241. The maximum atomic E-state index is 11.7. The van der Waals surface area contributed by atoms with E-state index >= 15 is 0 Å². The van der Waals surface area contributed by atoms with Gasteiger partial charge in [0, 0.05) is 6.54 Å². The molecule has 0 amide bonds. The Balaban J connectivity index is 2.81. The largest absolute Gasteiger partial charge is 0.394 e. The van der Waals surface area contributed by atoms with Crippen LogP contribution in [-0.2, 0) is 6.54 Å². The second-order valence-corrected chi connectivity index (χ2v) is 3.99. The van der Waals surface area contributed by atoms with Gasteiger partial charge >= 0.3 is 0 Å². The van der Waals surface area contributed by atoms with Gasteiger partial charge in [-0.15, -0.1) is 0 Å². The van der Waals surface area contributed by atoms with Gasteiger partial charge in [-0.1, -0.05) is 0 Å². The molecule has 16 heavy (non-hydrogen) atoms. The second-order valence-electron chi connectivity index (χ2n) is 3.19. The fourth-order valence-corrected chi connectivity index (χ4v) is 1.61. The molecule has 1 aromatic rings. The van der Waals surface area contributed by atoms with Crippen molar-refractivity contribution in [2.75, 3.05) is 25.0 Å². The van der Waals surface area contributed by atoms with Crippen molar-refractivity contribution in [2.24, 2.45) is 5.73 Å². The SMILES string of the molecule is NCCCNc1cnn(CCO)c(=O)c1Br. The fourth-order valence-electron chi connectivity index (χ4n) is 1.17. The van der Waals surface area contributed by atoms with Crippen molar-refractivity contribution in [1.29, 1.82) is 0 Å². The van der Waals surface area contributed by atoms with E-state index in [0.29, 0.717) is 23.2 Å². The number of nitrogens with zero attached hydrogens (tertiary/aromatic N) is 2. The molecule has 0 spiro atoms. The lowest BCUT2D eigenvalue weighted by atomic mass is 10.4. The van der Waals surface area contributed by atoms with E-state index in [1.165, 1.54) is 4.68 Å². The van der Waals surface area contributed by atoms with Crippen LogP contribution in [0.4, 0.5) is 5.69 Å². The van der Waals surface area contributed by atoms with Gasteiger partial charge in [0.15, 0.2) is 0 Å². The lowest BCUT2D eigenvalue weighted by molar-refractivity contribution is 0.266. The maximum absolute atomic E-state index is 11.7. The number of aromatic nitrogens is 2. The second kappa shape index (κ2) is 6.62. The summed E-state index contributed by atoms with van der Waals surface area (Å²) in [6.45, 7) is 1.37. The Bertz CT molecular complexity index is 394. The number of aliphatic hydroxyl groups is 1. The van der Waals surface area contributed by atoms with E-state index in [4.69, 9.17) is 10.8 Å². The first-order valence-corrected chi connectivity index (χ1v) is 5.80. The molecule has 0 saturated carbocycles. The molecular formula is C9H15BrN4O2. The van der Waals surface area contributed by atoms with Crippen molar-refractivity contribution in [3.05, 3.63) is 21.0 Å². The Labute approximate surface area is 102 Å². The number of aliphatic hydroxyl groups excluding tert-OH is 1. The zero-order valence-electron chi connectivity index (χ0n) is 8.82. The standard InChI is InChI=1S/C9H15BrN4O2/c10-8-7(12-3-1-2-11)6-13-14(4-5-15)9(8)16/h6,12,15H,1-5,11H2. The van der Waals surface area contributed by atoms with Crippen molar-refractivity contribution in [3.8, 4) is 0 Å². The zero-order chi connectivity index (χ0) is 12.0. The average Bonchev–Trinajstić information content (AvgIpc) is 2.28. The third-order valence-corrected chi connectivity index (χ3v) is 2.76. The summed E-state index contributed by atoms with van der Waals surface area (Å²) < 4.78 is 1.63. The third-order valence-electron chi connectivity index (χ3n) is 1.99. The summed E-state index contributed by atoms with van der Waals surface area (Å²) >= 11 is 3.20. The number of hydrogen-bond acceptors (Lipinski definition) is 5. The summed E-state index contributed by atoms with van der Waals surface area (Å²) in [5.74, 6) is 0. The molecule has 4 N–H and O–H groups in total. The Hall–Kier alpha value is -0.920. The molecule has 1 heterocycles. The van der Waals surface area contributed by atoms with E-state index in [1.54, 1.807) is 6.20 Å². The molecule has 0 aromatic carbocycles. The summed E-state index contributed by atoms with van der Waals surface area (Å²) in [5.41, 5.74) is 5.75. The van der Waals surface area contributed by atoms with Gasteiger partial charge < -0.3 is 16.2 Å². The monoisotopic (exact) mass is 290 g/mol. The number of nitrogens with one attached hydrogen (secondary N) is 1. The molecule has 90 valence electrons.